The third-order valence-electron chi connectivity index (χ3n) is 4.42. The predicted molar refractivity (Wildman–Crippen MR) is 81.8 cm³/mol. The Morgan fingerprint density at radius 2 is 2.05 bits per heavy atom. The minimum atomic E-state index is -0.226. The maximum absolute atomic E-state index is 12.3. The van der Waals surface area contributed by atoms with Gasteiger partial charge in [-0.25, -0.2) is 4.79 Å². The molecule has 3 nitrogen and oxygen atoms in total. The van der Waals surface area contributed by atoms with Gasteiger partial charge in [0.05, 0.1) is 5.56 Å². The van der Waals surface area contributed by atoms with Crippen molar-refractivity contribution in [1.82, 2.24) is 0 Å². The summed E-state index contributed by atoms with van der Waals surface area (Å²) in [5.74, 6) is 0.474. The molecule has 0 heterocycles. The maximum atomic E-state index is 12.3. The number of aryl methyl sites for hydroxylation is 2. The zero-order valence-electron chi connectivity index (χ0n) is 12.7. The number of nitrogen functional groups attached to an aromatic ring is 1. The van der Waals surface area contributed by atoms with Crippen LogP contribution >= 0.6 is 0 Å². The smallest absolute Gasteiger partial charge is 0.338 e. The molecule has 0 amide bonds. The molecule has 2 unspecified atom stereocenters. The van der Waals surface area contributed by atoms with Crippen LogP contribution in [0.3, 0.4) is 0 Å². The van der Waals surface area contributed by atoms with E-state index in [4.69, 9.17) is 10.5 Å². The van der Waals surface area contributed by atoms with Crippen molar-refractivity contribution < 1.29 is 9.53 Å². The van der Waals surface area contributed by atoms with Crippen LogP contribution in [0.1, 0.15) is 60.5 Å². The summed E-state index contributed by atoms with van der Waals surface area (Å²) in [5, 5.41) is 0. The molecule has 1 fully saturated rings. The highest BCUT2D eigenvalue weighted by Gasteiger charge is 2.25. The third kappa shape index (κ3) is 3.33. The molecule has 0 spiro atoms. The van der Waals surface area contributed by atoms with E-state index in [2.05, 4.69) is 6.92 Å². The molecule has 20 heavy (non-hydrogen) atoms. The Morgan fingerprint density at radius 1 is 1.30 bits per heavy atom. The van der Waals surface area contributed by atoms with Gasteiger partial charge in [0.2, 0.25) is 0 Å². The molecule has 2 N–H and O–H groups in total. The minimum Gasteiger partial charge on any atom is -0.459 e. The van der Waals surface area contributed by atoms with Crippen LogP contribution in [0.4, 0.5) is 5.69 Å². The van der Waals surface area contributed by atoms with Crippen LogP contribution < -0.4 is 5.73 Å². The number of benzene rings is 1. The lowest BCUT2D eigenvalue weighted by Crippen LogP contribution is -2.25. The molecule has 0 aromatic heterocycles. The first kappa shape index (κ1) is 14.9. The van der Waals surface area contributed by atoms with Crippen molar-refractivity contribution in [2.45, 2.75) is 59.0 Å². The van der Waals surface area contributed by atoms with Crippen molar-refractivity contribution in [1.29, 1.82) is 0 Å². The molecule has 1 aliphatic rings. The van der Waals surface area contributed by atoms with E-state index < -0.39 is 0 Å². The van der Waals surface area contributed by atoms with Crippen LogP contribution in [0, 0.1) is 19.8 Å². The SMILES string of the molecule is CCC1CCCC(OC(=O)c2cc(N)c(C)cc2C)C1. The second kappa shape index (κ2) is 6.29. The largest absolute Gasteiger partial charge is 0.459 e. The molecule has 0 aliphatic heterocycles. The van der Waals surface area contributed by atoms with Crippen LogP contribution in [0.15, 0.2) is 12.1 Å². The molecule has 2 rings (SSSR count). The molecule has 1 aromatic rings. The number of ether oxygens (including phenoxy) is 1. The normalized spacial score (nSPS) is 22.6. The number of anilines is 1. The fraction of sp³-hybridized carbons (Fsp3) is 0.588. The van der Waals surface area contributed by atoms with Gasteiger partial charge < -0.3 is 10.5 Å². The standard InChI is InChI=1S/C17H25NO2/c1-4-13-6-5-7-14(9-13)20-17(19)15-10-16(18)12(3)8-11(15)2/h8,10,13-14H,4-7,9,18H2,1-3H3. The summed E-state index contributed by atoms with van der Waals surface area (Å²) in [6.45, 7) is 6.09. The van der Waals surface area contributed by atoms with Crippen LogP contribution in [0.5, 0.6) is 0 Å². The van der Waals surface area contributed by atoms with E-state index in [1.807, 2.05) is 19.9 Å². The number of carbonyl (C=O) groups excluding carboxylic acids is 1. The fourth-order valence-electron chi connectivity index (χ4n) is 3.02. The Kier molecular flexibility index (Phi) is 4.69. The van der Waals surface area contributed by atoms with Gasteiger partial charge in [-0.1, -0.05) is 25.8 Å². The highest BCUT2D eigenvalue weighted by atomic mass is 16.5. The number of hydrogen-bond acceptors (Lipinski definition) is 3. The van der Waals surface area contributed by atoms with Crippen molar-refractivity contribution in [3.05, 3.63) is 28.8 Å². The van der Waals surface area contributed by atoms with Gasteiger partial charge in [-0.15, -0.1) is 0 Å². The van der Waals surface area contributed by atoms with Gasteiger partial charge in [0.1, 0.15) is 6.10 Å². The molecule has 1 aromatic carbocycles. The zero-order valence-corrected chi connectivity index (χ0v) is 12.7. The number of hydrogen-bond donors (Lipinski definition) is 1. The lowest BCUT2D eigenvalue weighted by atomic mass is 9.85. The van der Waals surface area contributed by atoms with E-state index in [0.717, 1.165) is 30.4 Å². The van der Waals surface area contributed by atoms with Crippen LogP contribution in [-0.2, 0) is 4.74 Å². The molecule has 3 heteroatoms. The summed E-state index contributed by atoms with van der Waals surface area (Å²) in [7, 11) is 0. The summed E-state index contributed by atoms with van der Waals surface area (Å²) in [6.07, 6.45) is 5.66. The number of nitrogens with two attached hydrogens (primary N) is 1. The van der Waals surface area contributed by atoms with Crippen LogP contribution in [0.2, 0.25) is 0 Å². The number of carbonyl (C=O) groups is 1. The minimum absolute atomic E-state index is 0.0723. The average molecular weight is 275 g/mol. The van der Waals surface area contributed by atoms with Gasteiger partial charge in [0, 0.05) is 5.69 Å². The van der Waals surface area contributed by atoms with Gasteiger partial charge in [0.25, 0.3) is 0 Å². The predicted octanol–water partition coefficient (Wildman–Crippen LogP) is 4.01. The molecular weight excluding hydrogens is 250 g/mol. The van der Waals surface area contributed by atoms with Gasteiger partial charge in [-0.3, -0.25) is 0 Å². The number of esters is 1. The van der Waals surface area contributed by atoms with Gasteiger partial charge >= 0.3 is 5.97 Å². The highest BCUT2D eigenvalue weighted by molar-refractivity contribution is 5.92. The Balaban J connectivity index is 2.06. The van der Waals surface area contributed by atoms with Crippen molar-refractivity contribution in [3.63, 3.8) is 0 Å². The van der Waals surface area contributed by atoms with Crippen molar-refractivity contribution in [2.24, 2.45) is 5.92 Å². The quantitative estimate of drug-likeness (QED) is 0.669. The molecule has 110 valence electrons. The Labute approximate surface area is 121 Å². The zero-order chi connectivity index (χ0) is 14.7. The van der Waals surface area contributed by atoms with E-state index in [1.165, 1.54) is 12.8 Å². The van der Waals surface area contributed by atoms with Crippen LogP contribution in [-0.4, -0.2) is 12.1 Å². The van der Waals surface area contributed by atoms with Crippen molar-refractivity contribution in [3.8, 4) is 0 Å². The first-order valence-corrected chi connectivity index (χ1v) is 7.59. The summed E-state index contributed by atoms with van der Waals surface area (Å²) >= 11 is 0. The Hall–Kier alpha value is -1.51. The van der Waals surface area contributed by atoms with E-state index in [9.17, 15) is 4.79 Å². The van der Waals surface area contributed by atoms with E-state index in [-0.39, 0.29) is 12.1 Å². The van der Waals surface area contributed by atoms with Gasteiger partial charge in [-0.05, 0) is 56.2 Å². The topological polar surface area (TPSA) is 52.3 Å². The molecular formula is C17H25NO2. The lowest BCUT2D eigenvalue weighted by Gasteiger charge is -2.28. The van der Waals surface area contributed by atoms with Crippen LogP contribution in [0.25, 0.3) is 0 Å². The van der Waals surface area contributed by atoms with Crippen molar-refractivity contribution in [2.75, 3.05) is 5.73 Å². The molecule has 1 aliphatic carbocycles. The second-order valence-corrected chi connectivity index (χ2v) is 5.99. The maximum Gasteiger partial charge on any atom is 0.338 e. The summed E-state index contributed by atoms with van der Waals surface area (Å²) in [5.41, 5.74) is 9.09. The van der Waals surface area contributed by atoms with Gasteiger partial charge in [0.15, 0.2) is 0 Å². The summed E-state index contributed by atoms with van der Waals surface area (Å²) in [4.78, 5) is 12.3. The molecule has 1 saturated carbocycles. The molecule has 2 atom stereocenters. The first-order chi connectivity index (χ1) is 9.51. The van der Waals surface area contributed by atoms with Crippen molar-refractivity contribution >= 4 is 11.7 Å². The first-order valence-electron chi connectivity index (χ1n) is 7.59. The lowest BCUT2D eigenvalue weighted by molar-refractivity contribution is 0.0139. The highest BCUT2D eigenvalue weighted by Crippen LogP contribution is 2.29. The molecule has 0 saturated heterocycles. The fourth-order valence-corrected chi connectivity index (χ4v) is 3.02. The molecule has 0 bridgehead atoms. The molecule has 0 radical (unpaired) electrons. The Bertz CT molecular complexity index is 496. The number of rotatable bonds is 3. The van der Waals surface area contributed by atoms with E-state index in [1.54, 1.807) is 6.07 Å². The monoisotopic (exact) mass is 275 g/mol. The van der Waals surface area contributed by atoms with Gasteiger partial charge in [-0.2, -0.15) is 0 Å². The summed E-state index contributed by atoms with van der Waals surface area (Å²) in [6, 6.07) is 3.69. The Morgan fingerprint density at radius 3 is 2.75 bits per heavy atom. The third-order valence-corrected chi connectivity index (χ3v) is 4.42. The average Bonchev–Trinajstić information content (AvgIpc) is 2.43. The van der Waals surface area contributed by atoms with E-state index in [0.29, 0.717) is 17.2 Å². The summed E-state index contributed by atoms with van der Waals surface area (Å²) < 4.78 is 5.69. The second-order valence-electron chi connectivity index (χ2n) is 5.99. The van der Waals surface area contributed by atoms with E-state index >= 15 is 0 Å².